The topological polar surface area (TPSA) is 49.4 Å². The largest absolute Gasteiger partial charge is 0.330 e. The van der Waals surface area contributed by atoms with Crippen LogP contribution in [0.15, 0.2) is 47.8 Å². The van der Waals surface area contributed by atoms with E-state index in [4.69, 9.17) is 11.6 Å². The number of amides is 2. The zero-order valence-corrected chi connectivity index (χ0v) is 17.7. The second-order valence-corrected chi connectivity index (χ2v) is 9.17. The van der Waals surface area contributed by atoms with Crippen LogP contribution < -0.4 is 5.32 Å². The quantitative estimate of drug-likeness (QED) is 0.551. The van der Waals surface area contributed by atoms with Gasteiger partial charge < -0.3 is 10.2 Å². The van der Waals surface area contributed by atoms with E-state index in [0.717, 1.165) is 24.9 Å². The van der Waals surface area contributed by atoms with E-state index in [1.165, 1.54) is 16.2 Å². The zero-order valence-electron chi connectivity index (χ0n) is 15.3. The fourth-order valence-corrected chi connectivity index (χ4v) is 5.62. The van der Waals surface area contributed by atoms with Gasteiger partial charge in [-0.15, -0.1) is 22.7 Å². The number of benzene rings is 1. The number of halogens is 1. The maximum atomic E-state index is 13.2. The molecule has 4 nitrogen and oxygen atoms in total. The Balaban J connectivity index is 1.53. The first-order chi connectivity index (χ1) is 13.5. The number of anilines is 1. The van der Waals surface area contributed by atoms with Crippen molar-refractivity contribution in [2.75, 3.05) is 11.9 Å². The molecule has 0 saturated carbocycles. The third-order valence-electron chi connectivity index (χ3n) is 4.85. The van der Waals surface area contributed by atoms with Crippen LogP contribution in [0, 0.1) is 6.92 Å². The summed E-state index contributed by atoms with van der Waals surface area (Å²) in [4.78, 5) is 29.6. The normalized spacial score (nSPS) is 16.4. The highest BCUT2D eigenvalue weighted by Crippen LogP contribution is 2.37. The van der Waals surface area contributed by atoms with Crippen molar-refractivity contribution in [3.8, 4) is 0 Å². The minimum Gasteiger partial charge on any atom is -0.330 e. The number of nitrogens with one attached hydrogen (secondary N) is 1. The van der Waals surface area contributed by atoms with Gasteiger partial charge in [0.1, 0.15) is 0 Å². The van der Waals surface area contributed by atoms with Crippen LogP contribution in [0.2, 0.25) is 5.02 Å². The Morgan fingerprint density at radius 3 is 2.79 bits per heavy atom. The average molecular weight is 431 g/mol. The molecule has 1 N–H and O–H groups in total. The van der Waals surface area contributed by atoms with Crippen LogP contribution in [-0.4, -0.2) is 23.3 Å². The van der Waals surface area contributed by atoms with Crippen molar-refractivity contribution in [3.63, 3.8) is 0 Å². The highest BCUT2D eigenvalue weighted by atomic mass is 35.5. The number of rotatable bonds is 4. The predicted molar refractivity (Wildman–Crippen MR) is 116 cm³/mol. The molecule has 7 heteroatoms. The van der Waals surface area contributed by atoms with Crippen LogP contribution in [0.5, 0.6) is 0 Å². The molecule has 1 aliphatic rings. The number of likely N-dealkylation sites (tertiary alicyclic amines) is 1. The van der Waals surface area contributed by atoms with Gasteiger partial charge in [0.25, 0.3) is 11.8 Å². The predicted octanol–water partition coefficient (Wildman–Crippen LogP) is 6.00. The summed E-state index contributed by atoms with van der Waals surface area (Å²) in [5, 5.41) is 5.98. The Bertz CT molecular complexity index is 1010. The Morgan fingerprint density at radius 2 is 2.04 bits per heavy atom. The highest BCUT2D eigenvalue weighted by molar-refractivity contribution is 7.18. The van der Waals surface area contributed by atoms with E-state index in [9.17, 15) is 9.59 Å². The molecule has 0 spiro atoms. The van der Waals surface area contributed by atoms with Crippen LogP contribution in [0.4, 0.5) is 5.00 Å². The smallest absolute Gasteiger partial charge is 0.264 e. The van der Waals surface area contributed by atoms with E-state index in [1.807, 2.05) is 24.0 Å². The summed E-state index contributed by atoms with van der Waals surface area (Å²) in [6.45, 7) is 2.67. The molecule has 3 heterocycles. The molecule has 4 rings (SSSR count). The van der Waals surface area contributed by atoms with E-state index < -0.39 is 0 Å². The first-order valence-corrected chi connectivity index (χ1v) is 11.1. The minimum absolute atomic E-state index is 0.0386. The summed E-state index contributed by atoms with van der Waals surface area (Å²) in [5.41, 5.74) is 1.29. The molecule has 0 aliphatic carbocycles. The summed E-state index contributed by atoms with van der Waals surface area (Å²) in [6, 6.07) is 13.0. The molecule has 0 radical (unpaired) electrons. The molecule has 2 aromatic heterocycles. The standard InChI is InChI=1S/C21H19ClN2O2S2/c1-13-12-18(23-20(25)14-6-2-3-7-15(14)22)28-19(13)21(26)24-10-4-8-16(24)17-9-5-11-27-17/h2-3,5-7,9,11-12,16H,4,8,10H2,1H3,(H,23,25). The molecule has 1 saturated heterocycles. The van der Waals surface area contributed by atoms with Crippen molar-refractivity contribution < 1.29 is 9.59 Å². The third-order valence-corrected chi connectivity index (χ3v) is 7.30. The van der Waals surface area contributed by atoms with Gasteiger partial charge >= 0.3 is 0 Å². The summed E-state index contributed by atoms with van der Waals surface area (Å²) in [7, 11) is 0. The van der Waals surface area contributed by atoms with Gasteiger partial charge in [0, 0.05) is 11.4 Å². The van der Waals surface area contributed by atoms with E-state index in [-0.39, 0.29) is 17.9 Å². The maximum absolute atomic E-state index is 13.2. The van der Waals surface area contributed by atoms with E-state index in [2.05, 4.69) is 16.8 Å². The first-order valence-electron chi connectivity index (χ1n) is 9.05. The van der Waals surface area contributed by atoms with Gasteiger partial charge in [-0.25, -0.2) is 0 Å². The van der Waals surface area contributed by atoms with Gasteiger partial charge in [-0.2, -0.15) is 0 Å². The fourth-order valence-electron chi connectivity index (χ4n) is 3.50. The van der Waals surface area contributed by atoms with Crippen LogP contribution in [0.3, 0.4) is 0 Å². The lowest BCUT2D eigenvalue weighted by Crippen LogP contribution is -2.29. The number of nitrogens with zero attached hydrogens (tertiary/aromatic N) is 1. The highest BCUT2D eigenvalue weighted by Gasteiger charge is 2.32. The number of carbonyl (C=O) groups is 2. The first kappa shape index (κ1) is 19.2. The second-order valence-electron chi connectivity index (χ2n) is 6.73. The van der Waals surface area contributed by atoms with Crippen LogP contribution in [-0.2, 0) is 0 Å². The van der Waals surface area contributed by atoms with Crippen molar-refractivity contribution in [1.82, 2.24) is 4.90 Å². The lowest BCUT2D eigenvalue weighted by Gasteiger charge is -2.23. The van der Waals surface area contributed by atoms with E-state index in [0.29, 0.717) is 20.5 Å². The second kappa shape index (κ2) is 8.07. The molecular formula is C21H19ClN2O2S2. The van der Waals surface area contributed by atoms with Gasteiger partial charge in [-0.3, -0.25) is 9.59 Å². The minimum atomic E-state index is -0.275. The number of aryl methyl sites for hydroxylation is 1. The maximum Gasteiger partial charge on any atom is 0.264 e. The SMILES string of the molecule is Cc1cc(NC(=O)c2ccccc2Cl)sc1C(=O)N1CCCC1c1cccs1. The molecule has 1 atom stereocenters. The molecule has 0 bridgehead atoms. The zero-order chi connectivity index (χ0) is 19.7. The number of hydrogen-bond donors (Lipinski definition) is 1. The van der Waals surface area contributed by atoms with Gasteiger partial charge in [-0.05, 0) is 55.0 Å². The average Bonchev–Trinajstić information content (AvgIpc) is 3.42. The molecule has 3 aromatic rings. The van der Waals surface area contributed by atoms with Crippen LogP contribution >= 0.6 is 34.3 Å². The lowest BCUT2D eigenvalue weighted by atomic mass is 10.1. The molecular weight excluding hydrogens is 412 g/mol. The van der Waals surface area contributed by atoms with Crippen molar-refractivity contribution in [3.05, 3.63) is 73.7 Å². The molecule has 1 fully saturated rings. The third kappa shape index (κ3) is 3.72. The molecule has 28 heavy (non-hydrogen) atoms. The Morgan fingerprint density at radius 1 is 1.21 bits per heavy atom. The Hall–Kier alpha value is -2.15. The molecule has 144 valence electrons. The Labute approximate surface area is 176 Å². The van der Waals surface area contributed by atoms with E-state index >= 15 is 0 Å². The summed E-state index contributed by atoms with van der Waals surface area (Å²) in [6.07, 6.45) is 2.00. The van der Waals surface area contributed by atoms with Crippen LogP contribution in [0.1, 0.15) is 49.4 Å². The summed E-state index contributed by atoms with van der Waals surface area (Å²) in [5.74, 6) is -0.236. The van der Waals surface area contributed by atoms with Gasteiger partial charge in [-0.1, -0.05) is 29.8 Å². The molecule has 1 aromatic carbocycles. The number of carbonyl (C=O) groups excluding carboxylic acids is 2. The van der Waals surface area contributed by atoms with Gasteiger partial charge in [0.05, 0.1) is 26.5 Å². The van der Waals surface area contributed by atoms with Gasteiger partial charge in [0.2, 0.25) is 0 Å². The number of thiophene rings is 2. The monoisotopic (exact) mass is 430 g/mol. The summed E-state index contributed by atoms with van der Waals surface area (Å²) < 4.78 is 0. The van der Waals surface area contributed by atoms with Gasteiger partial charge in [0.15, 0.2) is 0 Å². The van der Waals surface area contributed by atoms with E-state index in [1.54, 1.807) is 35.6 Å². The lowest BCUT2D eigenvalue weighted by molar-refractivity contribution is 0.0742. The van der Waals surface area contributed by atoms with Crippen molar-refractivity contribution in [1.29, 1.82) is 0 Å². The molecule has 1 aliphatic heterocycles. The van der Waals surface area contributed by atoms with Crippen molar-refractivity contribution in [2.24, 2.45) is 0 Å². The van der Waals surface area contributed by atoms with Crippen molar-refractivity contribution in [2.45, 2.75) is 25.8 Å². The van der Waals surface area contributed by atoms with Crippen molar-refractivity contribution >= 4 is 51.1 Å². The number of hydrogen-bond acceptors (Lipinski definition) is 4. The Kier molecular flexibility index (Phi) is 5.53. The summed E-state index contributed by atoms with van der Waals surface area (Å²) >= 11 is 9.12. The molecule has 2 amide bonds. The fraction of sp³-hybridized carbons (Fsp3) is 0.238. The molecule has 1 unspecified atom stereocenters. The van der Waals surface area contributed by atoms with Crippen LogP contribution in [0.25, 0.3) is 0 Å².